The summed E-state index contributed by atoms with van der Waals surface area (Å²) in [5.74, 6) is 2.16. The number of hydrogen-bond donors (Lipinski definition) is 0. The van der Waals surface area contributed by atoms with E-state index >= 15 is 0 Å². The molecule has 1 aliphatic heterocycles. The first-order valence-corrected chi connectivity index (χ1v) is 5.15. The molecular weight excluding hydrogens is 164 g/mol. The van der Waals surface area contributed by atoms with Gasteiger partial charge in [0.15, 0.2) is 0 Å². The third-order valence-electron chi connectivity index (χ3n) is 1.39. The maximum atomic E-state index is 5.56. The summed E-state index contributed by atoms with van der Waals surface area (Å²) in [5.41, 5.74) is 0. The Kier molecular flexibility index (Phi) is 1.62. The second-order valence-corrected chi connectivity index (χ2v) is 4.15. The second kappa shape index (κ2) is 2.47. The van der Waals surface area contributed by atoms with Gasteiger partial charge in [-0.3, -0.25) is 0 Å². The Morgan fingerprint density at radius 1 is 1.60 bits per heavy atom. The van der Waals surface area contributed by atoms with Crippen molar-refractivity contribution < 1.29 is 4.74 Å². The molecule has 1 unspecified atom stereocenters. The minimum Gasteiger partial charge on any atom is -0.488 e. The highest BCUT2D eigenvalue weighted by atomic mass is 32.2. The third kappa shape index (κ3) is 1.04. The first-order valence-electron chi connectivity index (χ1n) is 3.22. The normalized spacial score (nSPS) is 23.5. The molecule has 0 spiro atoms. The highest BCUT2D eigenvalue weighted by Crippen LogP contribution is 2.37. The number of ether oxygens (including phenoxy) is 1. The lowest BCUT2D eigenvalue weighted by Crippen LogP contribution is -2.17. The van der Waals surface area contributed by atoms with E-state index in [2.05, 4.69) is 17.7 Å². The Morgan fingerprint density at radius 3 is 3.40 bits per heavy atom. The lowest BCUT2D eigenvalue weighted by Gasteiger charge is -2.19. The Bertz CT molecular complexity index is 231. The van der Waals surface area contributed by atoms with Crippen molar-refractivity contribution in [2.75, 3.05) is 5.75 Å². The number of thioether (sulfide) groups is 1. The van der Waals surface area contributed by atoms with Gasteiger partial charge >= 0.3 is 0 Å². The Hall–Kier alpha value is -0.150. The molecule has 1 aromatic rings. The average molecular weight is 172 g/mol. The van der Waals surface area contributed by atoms with E-state index in [1.807, 2.05) is 11.8 Å². The number of thiophene rings is 1. The Balaban J connectivity index is 2.30. The van der Waals surface area contributed by atoms with Gasteiger partial charge in [0.1, 0.15) is 11.9 Å². The second-order valence-electron chi connectivity index (χ2n) is 2.34. The third-order valence-corrected chi connectivity index (χ3v) is 3.53. The van der Waals surface area contributed by atoms with Gasteiger partial charge in [0.25, 0.3) is 0 Å². The van der Waals surface area contributed by atoms with E-state index in [-0.39, 0.29) is 0 Å². The van der Waals surface area contributed by atoms with Crippen LogP contribution < -0.4 is 4.74 Å². The fourth-order valence-corrected chi connectivity index (χ4v) is 2.78. The molecule has 0 saturated heterocycles. The van der Waals surface area contributed by atoms with Crippen LogP contribution in [0, 0.1) is 0 Å². The first-order chi connectivity index (χ1) is 4.86. The Labute approximate surface area is 68.4 Å². The molecule has 0 bridgehead atoms. The molecule has 0 fully saturated rings. The molecule has 0 saturated carbocycles. The Morgan fingerprint density at radius 2 is 2.50 bits per heavy atom. The van der Waals surface area contributed by atoms with E-state index < -0.39 is 0 Å². The highest BCUT2D eigenvalue weighted by molar-refractivity contribution is 7.99. The van der Waals surface area contributed by atoms with Crippen molar-refractivity contribution >= 4 is 23.1 Å². The summed E-state index contributed by atoms with van der Waals surface area (Å²) in [4.78, 5) is 1.31. The molecule has 0 N–H and O–H groups in total. The van der Waals surface area contributed by atoms with Crippen LogP contribution in [0.15, 0.2) is 15.7 Å². The summed E-state index contributed by atoms with van der Waals surface area (Å²) in [7, 11) is 0. The van der Waals surface area contributed by atoms with Crippen LogP contribution in [-0.4, -0.2) is 11.9 Å². The topological polar surface area (TPSA) is 9.23 Å². The smallest absolute Gasteiger partial charge is 0.143 e. The molecule has 1 aromatic heterocycles. The summed E-state index contributed by atoms with van der Waals surface area (Å²) in [5, 5.41) is 4.21. The van der Waals surface area contributed by atoms with E-state index in [1.54, 1.807) is 11.3 Å². The summed E-state index contributed by atoms with van der Waals surface area (Å²) in [6.45, 7) is 2.10. The van der Waals surface area contributed by atoms with Gasteiger partial charge in [-0.2, -0.15) is 0 Å². The lowest BCUT2D eigenvalue weighted by molar-refractivity contribution is 0.237. The van der Waals surface area contributed by atoms with Crippen LogP contribution in [0.25, 0.3) is 0 Å². The van der Waals surface area contributed by atoms with Gasteiger partial charge in [-0.05, 0) is 6.92 Å². The maximum absolute atomic E-state index is 5.56. The zero-order valence-corrected chi connectivity index (χ0v) is 7.30. The van der Waals surface area contributed by atoms with Crippen LogP contribution in [0.4, 0.5) is 0 Å². The zero-order chi connectivity index (χ0) is 6.97. The predicted molar refractivity (Wildman–Crippen MR) is 45.1 cm³/mol. The molecule has 1 aliphatic rings. The molecule has 0 aromatic carbocycles. The molecule has 1 atom stereocenters. The lowest BCUT2D eigenvalue weighted by atomic mass is 10.4. The molecule has 3 heteroatoms. The van der Waals surface area contributed by atoms with Gasteiger partial charge in [0.05, 0.1) is 4.90 Å². The van der Waals surface area contributed by atoms with Gasteiger partial charge < -0.3 is 4.74 Å². The van der Waals surface area contributed by atoms with Gasteiger partial charge in [-0.25, -0.2) is 0 Å². The van der Waals surface area contributed by atoms with Gasteiger partial charge in [0, 0.05) is 16.5 Å². The predicted octanol–water partition coefficient (Wildman–Crippen LogP) is 2.62. The standard InChI is InChI=1S/C7H8OS2/c1-5-2-10-7-4-9-3-6(7)8-5/h3-5H,2H2,1H3. The van der Waals surface area contributed by atoms with E-state index in [4.69, 9.17) is 4.74 Å². The van der Waals surface area contributed by atoms with E-state index in [9.17, 15) is 0 Å². The molecule has 0 radical (unpaired) electrons. The number of hydrogen-bond acceptors (Lipinski definition) is 3. The quantitative estimate of drug-likeness (QED) is 0.595. The molecule has 0 amide bonds. The maximum Gasteiger partial charge on any atom is 0.143 e. The van der Waals surface area contributed by atoms with Crippen LogP contribution in [0.3, 0.4) is 0 Å². The monoisotopic (exact) mass is 172 g/mol. The molecule has 54 valence electrons. The van der Waals surface area contributed by atoms with Crippen LogP contribution in [0.1, 0.15) is 6.92 Å². The van der Waals surface area contributed by atoms with E-state index in [0.29, 0.717) is 6.10 Å². The van der Waals surface area contributed by atoms with Crippen molar-refractivity contribution in [2.24, 2.45) is 0 Å². The van der Waals surface area contributed by atoms with Crippen LogP contribution in [0.2, 0.25) is 0 Å². The SMILES string of the molecule is CC1CSc2cscc2O1. The van der Waals surface area contributed by atoms with Crippen molar-refractivity contribution in [3.05, 3.63) is 10.8 Å². The van der Waals surface area contributed by atoms with Crippen LogP contribution in [0.5, 0.6) is 5.75 Å². The number of rotatable bonds is 0. The van der Waals surface area contributed by atoms with Crippen LogP contribution >= 0.6 is 23.1 Å². The largest absolute Gasteiger partial charge is 0.488 e. The molecular formula is C7H8OS2. The van der Waals surface area contributed by atoms with Gasteiger partial charge in [-0.1, -0.05) is 0 Å². The number of fused-ring (bicyclic) bond motifs is 1. The van der Waals surface area contributed by atoms with Crippen LogP contribution in [-0.2, 0) is 0 Å². The fraction of sp³-hybridized carbons (Fsp3) is 0.429. The minimum absolute atomic E-state index is 0.382. The first kappa shape index (κ1) is 6.55. The molecule has 1 nitrogen and oxygen atoms in total. The zero-order valence-electron chi connectivity index (χ0n) is 5.66. The summed E-state index contributed by atoms with van der Waals surface area (Å²) in [6.07, 6.45) is 0.382. The van der Waals surface area contributed by atoms with Crippen molar-refractivity contribution in [1.29, 1.82) is 0 Å². The van der Waals surface area contributed by atoms with E-state index in [1.165, 1.54) is 4.90 Å². The van der Waals surface area contributed by atoms with Gasteiger partial charge in [-0.15, -0.1) is 23.1 Å². The fourth-order valence-electron chi connectivity index (χ4n) is 0.923. The molecule has 10 heavy (non-hydrogen) atoms. The average Bonchev–Trinajstić information content (AvgIpc) is 2.33. The summed E-state index contributed by atoms with van der Waals surface area (Å²) >= 11 is 3.60. The summed E-state index contributed by atoms with van der Waals surface area (Å²) in [6, 6.07) is 0. The van der Waals surface area contributed by atoms with Crippen molar-refractivity contribution in [1.82, 2.24) is 0 Å². The molecule has 2 heterocycles. The van der Waals surface area contributed by atoms with Gasteiger partial charge in [0.2, 0.25) is 0 Å². The molecule has 2 rings (SSSR count). The van der Waals surface area contributed by atoms with E-state index in [0.717, 1.165) is 11.5 Å². The van der Waals surface area contributed by atoms with Crippen molar-refractivity contribution in [3.8, 4) is 5.75 Å². The highest BCUT2D eigenvalue weighted by Gasteiger charge is 2.16. The molecule has 0 aliphatic carbocycles. The summed E-state index contributed by atoms with van der Waals surface area (Å²) < 4.78 is 5.56. The van der Waals surface area contributed by atoms with Crippen molar-refractivity contribution in [2.45, 2.75) is 17.9 Å². The van der Waals surface area contributed by atoms with Crippen molar-refractivity contribution in [3.63, 3.8) is 0 Å². The minimum atomic E-state index is 0.382.